The topological polar surface area (TPSA) is 82.1 Å². The smallest absolute Gasteiger partial charge is 0.267 e. The number of hydrogen-bond acceptors (Lipinski definition) is 4. The van der Waals surface area contributed by atoms with E-state index in [0.717, 1.165) is 21.5 Å². The number of rotatable bonds is 3. The Hall–Kier alpha value is -3.56. The first-order valence-corrected chi connectivity index (χ1v) is 8.46. The van der Waals surface area contributed by atoms with Gasteiger partial charge in [0.15, 0.2) is 0 Å². The van der Waals surface area contributed by atoms with Crippen LogP contribution in [0.25, 0.3) is 5.69 Å². The maximum Gasteiger partial charge on any atom is 0.416 e. The van der Waals surface area contributed by atoms with E-state index in [4.69, 9.17) is 0 Å². The minimum atomic E-state index is -4.50. The van der Waals surface area contributed by atoms with E-state index in [0.29, 0.717) is 5.56 Å². The normalized spacial score (nSPS) is 12.3. The molecule has 1 amide bonds. The van der Waals surface area contributed by atoms with Crippen molar-refractivity contribution in [3.05, 3.63) is 75.2 Å². The fourth-order valence-corrected chi connectivity index (χ4v) is 2.77. The molecule has 0 bridgehead atoms. The van der Waals surface area contributed by atoms with Crippen LogP contribution in [0.3, 0.4) is 0 Å². The molecule has 3 rings (SSSR count). The van der Waals surface area contributed by atoms with Gasteiger partial charge in [-0.2, -0.15) is 22.5 Å². The quantitative estimate of drug-likeness (QED) is 0.630. The summed E-state index contributed by atoms with van der Waals surface area (Å²) >= 11 is 0. The number of aliphatic imine (C=N–C) groups is 1. The Bertz CT molecular complexity index is 1180. The first-order chi connectivity index (χ1) is 13.6. The molecule has 10 heteroatoms. The van der Waals surface area contributed by atoms with Gasteiger partial charge in [0.2, 0.25) is 0 Å². The van der Waals surface area contributed by atoms with Crippen molar-refractivity contribution in [2.24, 2.45) is 12.0 Å². The average molecular weight is 403 g/mol. The number of hydrogen-bond donors (Lipinski definition) is 0. The lowest BCUT2D eigenvalue weighted by molar-refractivity contribution is -0.137. The number of aromatic nitrogens is 4. The molecular weight excluding hydrogens is 387 g/mol. The van der Waals surface area contributed by atoms with Crippen LogP contribution in [0.4, 0.5) is 13.2 Å². The highest BCUT2D eigenvalue weighted by Gasteiger charge is 2.30. The molecule has 0 saturated heterocycles. The SMILES string of the molecule is CC(=NC(=O)c1c(C)cccc1-n1nnn(C)c1=O)c1cccc(C(F)(F)F)c1. The zero-order chi connectivity index (χ0) is 21.3. The molecule has 150 valence electrons. The molecule has 29 heavy (non-hydrogen) atoms. The fourth-order valence-electron chi connectivity index (χ4n) is 2.77. The van der Waals surface area contributed by atoms with Crippen LogP contribution in [0.1, 0.15) is 34.0 Å². The highest BCUT2D eigenvalue weighted by molar-refractivity contribution is 6.11. The largest absolute Gasteiger partial charge is 0.416 e. The number of aryl methyl sites for hydroxylation is 2. The monoisotopic (exact) mass is 403 g/mol. The maximum absolute atomic E-state index is 12.9. The van der Waals surface area contributed by atoms with Gasteiger partial charge in [-0.1, -0.05) is 24.3 Å². The van der Waals surface area contributed by atoms with Gasteiger partial charge in [0.25, 0.3) is 5.91 Å². The first kappa shape index (κ1) is 20.2. The van der Waals surface area contributed by atoms with Crippen molar-refractivity contribution < 1.29 is 18.0 Å². The van der Waals surface area contributed by atoms with Crippen LogP contribution >= 0.6 is 0 Å². The number of nitrogens with zero attached hydrogens (tertiary/aromatic N) is 5. The van der Waals surface area contributed by atoms with Crippen molar-refractivity contribution in [2.45, 2.75) is 20.0 Å². The number of benzene rings is 2. The van der Waals surface area contributed by atoms with Gasteiger partial charge in [-0.05, 0) is 53.6 Å². The van der Waals surface area contributed by atoms with Gasteiger partial charge >= 0.3 is 11.9 Å². The van der Waals surface area contributed by atoms with Gasteiger partial charge in [-0.25, -0.2) is 9.79 Å². The second-order valence-corrected chi connectivity index (χ2v) is 6.35. The summed E-state index contributed by atoms with van der Waals surface area (Å²) < 4.78 is 40.8. The molecule has 0 saturated carbocycles. The van der Waals surface area contributed by atoms with E-state index in [1.165, 1.54) is 32.2 Å². The van der Waals surface area contributed by atoms with Crippen LogP contribution in [-0.4, -0.2) is 31.4 Å². The summed E-state index contributed by atoms with van der Waals surface area (Å²) in [5, 5.41) is 7.36. The highest BCUT2D eigenvalue weighted by Crippen LogP contribution is 2.29. The van der Waals surface area contributed by atoms with Gasteiger partial charge in [0, 0.05) is 12.8 Å². The second-order valence-electron chi connectivity index (χ2n) is 6.35. The average Bonchev–Trinajstić information content (AvgIpc) is 2.99. The first-order valence-electron chi connectivity index (χ1n) is 8.46. The standard InChI is InChI=1S/C19H16F3N5O2/c1-11-6-4-9-15(27-18(29)26(3)24-25-27)16(11)17(28)23-12(2)13-7-5-8-14(10-13)19(20,21)22/h4-10H,1-3H3. The molecule has 0 radical (unpaired) electrons. The van der Waals surface area contributed by atoms with Gasteiger partial charge in [0.1, 0.15) is 0 Å². The predicted molar refractivity (Wildman–Crippen MR) is 99.3 cm³/mol. The Morgan fingerprint density at radius 3 is 2.41 bits per heavy atom. The van der Waals surface area contributed by atoms with Crippen molar-refractivity contribution in [3.8, 4) is 5.69 Å². The van der Waals surface area contributed by atoms with Gasteiger partial charge in [0.05, 0.1) is 16.8 Å². The molecule has 0 unspecified atom stereocenters. The Labute approximate surface area is 163 Å². The summed E-state index contributed by atoms with van der Waals surface area (Å²) in [5.74, 6) is -0.703. The molecule has 0 aliphatic rings. The molecule has 7 nitrogen and oxygen atoms in total. The number of amides is 1. The van der Waals surface area contributed by atoms with Gasteiger partial charge in [-0.15, -0.1) is 0 Å². The summed E-state index contributed by atoms with van der Waals surface area (Å²) in [6.45, 7) is 3.10. The summed E-state index contributed by atoms with van der Waals surface area (Å²) in [6, 6.07) is 9.38. The fraction of sp³-hybridized carbons (Fsp3) is 0.211. The van der Waals surface area contributed by atoms with Crippen molar-refractivity contribution in [3.63, 3.8) is 0 Å². The summed E-state index contributed by atoms with van der Waals surface area (Å²) in [5.41, 5.74) is -0.273. The number of carbonyl (C=O) groups excluding carboxylic acids is 1. The molecule has 0 fully saturated rings. The van der Waals surface area contributed by atoms with Crippen LogP contribution in [0, 0.1) is 6.92 Å². The minimum Gasteiger partial charge on any atom is -0.267 e. The third kappa shape index (κ3) is 4.00. The molecule has 2 aromatic carbocycles. The lowest BCUT2D eigenvalue weighted by Crippen LogP contribution is -2.23. The minimum absolute atomic E-state index is 0.112. The molecule has 0 N–H and O–H groups in total. The van der Waals surface area contributed by atoms with Crippen LogP contribution in [0.2, 0.25) is 0 Å². The summed E-state index contributed by atoms with van der Waals surface area (Å²) in [6.07, 6.45) is -4.50. The number of halogens is 3. The molecule has 3 aromatic rings. The van der Waals surface area contributed by atoms with Gasteiger partial charge in [-0.3, -0.25) is 4.79 Å². The van der Waals surface area contributed by atoms with E-state index in [2.05, 4.69) is 15.4 Å². The zero-order valence-electron chi connectivity index (χ0n) is 15.7. The lowest BCUT2D eigenvalue weighted by Gasteiger charge is -2.10. The van der Waals surface area contributed by atoms with E-state index in [9.17, 15) is 22.8 Å². The number of carbonyl (C=O) groups is 1. The van der Waals surface area contributed by atoms with Crippen molar-refractivity contribution in [1.82, 2.24) is 19.8 Å². The molecule has 0 atom stereocenters. The van der Waals surface area contributed by atoms with Crippen LogP contribution in [0.5, 0.6) is 0 Å². The van der Waals surface area contributed by atoms with E-state index >= 15 is 0 Å². The Morgan fingerprint density at radius 2 is 1.79 bits per heavy atom. The van der Waals surface area contributed by atoms with E-state index < -0.39 is 23.3 Å². The van der Waals surface area contributed by atoms with Crippen molar-refractivity contribution in [2.75, 3.05) is 0 Å². The molecule has 1 aromatic heterocycles. The number of alkyl halides is 3. The summed E-state index contributed by atoms with van der Waals surface area (Å²) in [7, 11) is 1.42. The Balaban J connectivity index is 2.06. The molecule has 0 aliphatic heterocycles. The van der Waals surface area contributed by atoms with Crippen LogP contribution in [0.15, 0.2) is 52.3 Å². The highest BCUT2D eigenvalue weighted by atomic mass is 19.4. The van der Waals surface area contributed by atoms with Crippen LogP contribution in [-0.2, 0) is 13.2 Å². The van der Waals surface area contributed by atoms with Crippen LogP contribution < -0.4 is 5.69 Å². The molecular formula is C19H16F3N5O2. The second kappa shape index (κ2) is 7.46. The van der Waals surface area contributed by atoms with E-state index in [1.54, 1.807) is 19.1 Å². The molecule has 1 heterocycles. The Morgan fingerprint density at radius 1 is 1.10 bits per heavy atom. The lowest BCUT2D eigenvalue weighted by atomic mass is 10.0. The number of tetrazole rings is 1. The van der Waals surface area contributed by atoms with Crippen molar-refractivity contribution >= 4 is 11.6 Å². The molecule has 0 aliphatic carbocycles. The zero-order valence-corrected chi connectivity index (χ0v) is 15.7. The third-order valence-corrected chi connectivity index (χ3v) is 4.29. The predicted octanol–water partition coefficient (Wildman–Crippen LogP) is 2.94. The third-order valence-electron chi connectivity index (χ3n) is 4.29. The van der Waals surface area contributed by atoms with Crippen molar-refractivity contribution in [1.29, 1.82) is 0 Å². The van der Waals surface area contributed by atoms with Gasteiger partial charge < -0.3 is 0 Å². The maximum atomic E-state index is 12.9. The summed E-state index contributed by atoms with van der Waals surface area (Å²) in [4.78, 5) is 29.0. The Kier molecular flexibility index (Phi) is 5.19. The molecule has 0 spiro atoms. The van der Waals surface area contributed by atoms with E-state index in [-0.39, 0.29) is 22.5 Å². The van der Waals surface area contributed by atoms with E-state index in [1.807, 2.05) is 0 Å².